The van der Waals surface area contributed by atoms with E-state index in [0.717, 1.165) is 35.6 Å². The number of nitrogen functional groups attached to an aromatic ring is 1. The van der Waals surface area contributed by atoms with Crippen LogP contribution in [0.5, 0.6) is 0 Å². The van der Waals surface area contributed by atoms with Gasteiger partial charge < -0.3 is 25.5 Å². The predicted molar refractivity (Wildman–Crippen MR) is 127 cm³/mol. The third-order valence-electron chi connectivity index (χ3n) is 6.05. The van der Waals surface area contributed by atoms with E-state index in [1.807, 2.05) is 12.2 Å². The third kappa shape index (κ3) is 4.65. The quantitative estimate of drug-likeness (QED) is 0.190. The molecule has 2 amide bonds. The van der Waals surface area contributed by atoms with Gasteiger partial charge in [0.1, 0.15) is 24.2 Å². The minimum absolute atomic E-state index is 0.0188. The van der Waals surface area contributed by atoms with Crippen molar-refractivity contribution < 1.29 is 28.8 Å². The Morgan fingerprint density at radius 1 is 1.41 bits per heavy atom. The van der Waals surface area contributed by atoms with Gasteiger partial charge in [-0.3, -0.25) is 14.5 Å². The monoisotopic (exact) mass is 508 g/mol. The summed E-state index contributed by atoms with van der Waals surface area (Å²) in [5.41, 5.74) is 5.90. The number of β-lactam (4-membered cyclic amide) rings is 1. The number of carbonyl (C=O) groups excluding carboxylic acids is 2. The fourth-order valence-electron chi connectivity index (χ4n) is 4.32. The van der Waals surface area contributed by atoms with Gasteiger partial charge in [-0.05, 0) is 11.6 Å². The first-order valence-corrected chi connectivity index (χ1v) is 12.5. The van der Waals surface area contributed by atoms with Gasteiger partial charge in [-0.15, -0.1) is 11.8 Å². The Hall–Kier alpha value is -2.97. The molecule has 2 saturated heterocycles. The second kappa shape index (κ2) is 9.72. The van der Waals surface area contributed by atoms with Crippen LogP contribution in [0, 0.1) is 0 Å². The second-order valence-corrected chi connectivity index (χ2v) is 10.4. The van der Waals surface area contributed by atoms with E-state index in [9.17, 15) is 19.5 Å². The molecule has 3 aliphatic rings. The number of anilines is 1. The molecule has 0 radical (unpaired) electrons. The van der Waals surface area contributed by atoms with Crippen molar-refractivity contribution in [1.82, 2.24) is 19.6 Å². The molecule has 4 rings (SSSR count). The van der Waals surface area contributed by atoms with Crippen molar-refractivity contribution >= 4 is 51.9 Å². The van der Waals surface area contributed by atoms with E-state index in [-0.39, 0.29) is 22.4 Å². The van der Waals surface area contributed by atoms with Crippen LogP contribution in [0.1, 0.15) is 18.7 Å². The van der Waals surface area contributed by atoms with Gasteiger partial charge in [-0.1, -0.05) is 11.2 Å². The zero-order valence-corrected chi connectivity index (χ0v) is 20.4. The molecule has 12 nitrogen and oxygen atoms in total. The predicted octanol–water partition coefficient (Wildman–Crippen LogP) is 0.00600. The van der Waals surface area contributed by atoms with Gasteiger partial charge >= 0.3 is 5.97 Å². The number of nitrogens with two attached hydrogens (primary N) is 1. The minimum Gasteiger partial charge on any atom is -0.477 e. The van der Waals surface area contributed by atoms with E-state index >= 15 is 0 Å². The Balaban J connectivity index is 1.48. The Kier molecular flexibility index (Phi) is 6.91. The maximum absolute atomic E-state index is 12.9. The largest absolute Gasteiger partial charge is 0.477 e. The molecule has 34 heavy (non-hydrogen) atoms. The smallest absolute Gasteiger partial charge is 0.352 e. The minimum atomic E-state index is -1.17. The SMILES string of the molecule is CON=C(C(=O)NC1C(=O)N2C(C(=O)O)=C(C=CC[N+]3(C)CCCC3)CS[C@@H]12)c1nsc(N)n1. The molecule has 182 valence electrons. The van der Waals surface area contributed by atoms with Crippen molar-refractivity contribution in [2.75, 3.05) is 45.3 Å². The van der Waals surface area contributed by atoms with Crippen LogP contribution >= 0.6 is 23.3 Å². The number of likely N-dealkylation sites (N-methyl/N-ethyl adjacent to an activating group) is 1. The summed E-state index contributed by atoms with van der Waals surface area (Å²) in [6.07, 6.45) is 6.20. The molecule has 2 atom stereocenters. The van der Waals surface area contributed by atoms with Gasteiger partial charge in [0.25, 0.3) is 11.8 Å². The Morgan fingerprint density at radius 2 is 2.15 bits per heavy atom. The Morgan fingerprint density at radius 3 is 2.76 bits per heavy atom. The molecule has 1 aromatic heterocycles. The second-order valence-electron chi connectivity index (χ2n) is 8.48. The zero-order chi connectivity index (χ0) is 24.5. The number of quaternary nitrogens is 1. The zero-order valence-electron chi connectivity index (χ0n) is 18.8. The third-order valence-corrected chi connectivity index (χ3v) is 7.89. The van der Waals surface area contributed by atoms with Gasteiger partial charge in [0.05, 0.1) is 26.7 Å². The Labute approximate surface area is 204 Å². The number of thioether (sulfide) groups is 1. The van der Waals surface area contributed by atoms with Gasteiger partial charge in [0, 0.05) is 30.1 Å². The molecule has 0 spiro atoms. The first-order chi connectivity index (χ1) is 16.2. The molecule has 0 bridgehead atoms. The van der Waals surface area contributed by atoms with E-state index in [1.54, 1.807) is 0 Å². The summed E-state index contributed by atoms with van der Waals surface area (Å²) in [6, 6.07) is -0.913. The first-order valence-electron chi connectivity index (χ1n) is 10.7. The number of fused-ring (bicyclic) bond motifs is 1. The highest BCUT2D eigenvalue weighted by Crippen LogP contribution is 2.40. The fraction of sp³-hybridized carbons (Fsp3) is 0.500. The van der Waals surface area contributed by atoms with Crippen LogP contribution in [-0.4, -0.2) is 98.3 Å². The first kappa shape index (κ1) is 24.2. The molecule has 14 heteroatoms. The molecule has 1 aromatic rings. The van der Waals surface area contributed by atoms with Crippen molar-refractivity contribution in [1.29, 1.82) is 0 Å². The number of nitrogens with one attached hydrogen (secondary N) is 1. The molecule has 0 aromatic carbocycles. The van der Waals surface area contributed by atoms with Crippen molar-refractivity contribution in [3.8, 4) is 0 Å². The molecule has 2 fully saturated rings. The summed E-state index contributed by atoms with van der Waals surface area (Å²) < 4.78 is 4.89. The van der Waals surface area contributed by atoms with E-state index in [4.69, 9.17) is 10.6 Å². The van der Waals surface area contributed by atoms with Crippen LogP contribution in [0.2, 0.25) is 0 Å². The van der Waals surface area contributed by atoms with E-state index in [1.165, 1.54) is 36.6 Å². The van der Waals surface area contributed by atoms with Crippen molar-refractivity contribution in [3.05, 3.63) is 29.2 Å². The molecule has 4 N–H and O–H groups in total. The molecular formula is C20H26N7O5S2+. The number of carbonyl (C=O) groups is 3. The van der Waals surface area contributed by atoms with Gasteiger partial charge in [0.15, 0.2) is 5.13 Å². The maximum atomic E-state index is 12.9. The van der Waals surface area contributed by atoms with E-state index < -0.39 is 29.2 Å². The number of carboxylic acids is 1. The number of carboxylic acid groups (broad SMARTS) is 1. The number of allylic oxidation sites excluding steroid dienone is 1. The number of rotatable bonds is 8. The lowest BCUT2D eigenvalue weighted by molar-refractivity contribution is -0.891. The van der Waals surface area contributed by atoms with E-state index in [2.05, 4.69) is 26.9 Å². The van der Waals surface area contributed by atoms with Crippen molar-refractivity contribution in [3.63, 3.8) is 0 Å². The normalized spacial score (nSPS) is 24.2. The molecule has 4 heterocycles. The number of hydrogen-bond acceptors (Lipinski definition) is 10. The summed E-state index contributed by atoms with van der Waals surface area (Å²) in [4.78, 5) is 47.6. The summed E-state index contributed by atoms with van der Waals surface area (Å²) in [7, 11) is 3.46. The van der Waals surface area contributed by atoms with Crippen LogP contribution in [0.25, 0.3) is 0 Å². The van der Waals surface area contributed by atoms with Crippen LogP contribution < -0.4 is 11.1 Å². The summed E-state index contributed by atoms with van der Waals surface area (Å²) >= 11 is 2.29. The number of aromatic nitrogens is 2. The highest BCUT2D eigenvalue weighted by Gasteiger charge is 2.54. The summed E-state index contributed by atoms with van der Waals surface area (Å²) in [5, 5.41) is 15.7. The van der Waals surface area contributed by atoms with Gasteiger partial charge in [-0.25, -0.2) is 4.79 Å². The van der Waals surface area contributed by atoms with Crippen molar-refractivity contribution in [2.24, 2.45) is 5.16 Å². The average Bonchev–Trinajstić information content (AvgIpc) is 3.43. The molecule has 0 saturated carbocycles. The number of hydrogen-bond donors (Lipinski definition) is 3. The number of aliphatic carboxylic acids is 1. The van der Waals surface area contributed by atoms with Crippen LogP contribution in [-0.2, 0) is 19.2 Å². The lowest BCUT2D eigenvalue weighted by atomic mass is 10.0. The lowest BCUT2D eigenvalue weighted by Gasteiger charge is -2.49. The number of oxime groups is 1. The Bertz CT molecular complexity index is 1090. The average molecular weight is 509 g/mol. The molecule has 3 aliphatic heterocycles. The number of likely N-dealkylation sites (tertiary alicyclic amines) is 1. The summed E-state index contributed by atoms with van der Waals surface area (Å²) in [6.45, 7) is 3.03. The molecule has 0 aliphatic carbocycles. The molecule has 1 unspecified atom stereocenters. The fourth-order valence-corrected chi connectivity index (χ4v) is 6.07. The van der Waals surface area contributed by atoms with Crippen LogP contribution in [0.3, 0.4) is 0 Å². The van der Waals surface area contributed by atoms with Crippen LogP contribution in [0.15, 0.2) is 28.6 Å². The highest BCUT2D eigenvalue weighted by atomic mass is 32.2. The lowest BCUT2D eigenvalue weighted by Crippen LogP contribution is -2.71. The van der Waals surface area contributed by atoms with Crippen molar-refractivity contribution in [2.45, 2.75) is 24.3 Å². The molecular weight excluding hydrogens is 482 g/mol. The standard InChI is InChI=1S/C20H25N7O5S2/c1-27(7-3-4-8-27)9-5-6-11-10-33-18-13(17(29)26(18)14(11)19(30)31)22-16(28)12(24-32-2)15-23-20(21)34-25-15/h5-6,13,18H,3-4,7-10H2,1-2H3,(H3-,21,22,23,25,28,30,31)/p+1/t13?,18-/m0/s1. The van der Waals surface area contributed by atoms with E-state index in [0.29, 0.717) is 11.3 Å². The van der Waals surface area contributed by atoms with Gasteiger partial charge in [-0.2, -0.15) is 9.36 Å². The highest BCUT2D eigenvalue weighted by molar-refractivity contribution is 8.00. The summed E-state index contributed by atoms with van der Waals surface area (Å²) in [5.74, 6) is -2.00. The number of amides is 2. The van der Waals surface area contributed by atoms with Crippen LogP contribution in [0.4, 0.5) is 5.13 Å². The maximum Gasteiger partial charge on any atom is 0.352 e. The van der Waals surface area contributed by atoms with Gasteiger partial charge in [0.2, 0.25) is 11.5 Å². The topological polar surface area (TPSA) is 160 Å². The number of nitrogens with zero attached hydrogens (tertiary/aromatic N) is 5.